The fraction of sp³-hybridized carbons (Fsp3) is 0.393. The van der Waals surface area contributed by atoms with Crippen molar-refractivity contribution in [2.45, 2.75) is 32.0 Å². The molecule has 1 aliphatic carbocycles. The maximum atomic E-state index is 12.5. The minimum atomic E-state index is -4.46. The van der Waals surface area contributed by atoms with Gasteiger partial charge in [-0.3, -0.25) is 9.69 Å². The van der Waals surface area contributed by atoms with Gasteiger partial charge in [0.05, 0.1) is 16.7 Å². The van der Waals surface area contributed by atoms with Crippen molar-refractivity contribution >= 4 is 28.7 Å². The number of ether oxygens (including phenoxy) is 1. The predicted octanol–water partition coefficient (Wildman–Crippen LogP) is 4.71. The number of amides is 1. The molecule has 214 valence electrons. The van der Waals surface area contributed by atoms with Crippen molar-refractivity contribution in [2.75, 3.05) is 38.1 Å². The lowest BCUT2D eigenvalue weighted by Crippen LogP contribution is -2.49. The van der Waals surface area contributed by atoms with Gasteiger partial charge in [0.15, 0.2) is 6.61 Å². The summed E-state index contributed by atoms with van der Waals surface area (Å²) in [4.78, 5) is 37.0. The van der Waals surface area contributed by atoms with Gasteiger partial charge in [-0.2, -0.15) is 13.2 Å². The number of nitrogens with zero attached hydrogens (tertiary/aromatic N) is 6. The molecule has 1 aliphatic heterocycles. The second-order valence-corrected chi connectivity index (χ2v) is 10.4. The third-order valence-electron chi connectivity index (χ3n) is 7.42. The molecule has 1 saturated heterocycles. The smallest absolute Gasteiger partial charge is 0.422 e. The SMILES string of the molecule is CC(c1ccnc(Nc2nc3ccc(-c4cc(OCC(F)(F)F)ncn4)cc3[nH]2)c1)N1CCN(C(=O)C2CC2)CC1. The topological polar surface area (TPSA) is 112 Å². The number of rotatable bonds is 8. The van der Waals surface area contributed by atoms with Crippen LogP contribution in [0.4, 0.5) is 24.9 Å². The van der Waals surface area contributed by atoms with E-state index >= 15 is 0 Å². The minimum absolute atomic E-state index is 0.159. The third-order valence-corrected chi connectivity index (χ3v) is 7.42. The normalized spacial score (nSPS) is 17.0. The van der Waals surface area contributed by atoms with Crippen LogP contribution in [0, 0.1) is 5.92 Å². The number of halogens is 3. The number of hydrogen-bond donors (Lipinski definition) is 2. The summed E-state index contributed by atoms with van der Waals surface area (Å²) in [7, 11) is 0. The van der Waals surface area contributed by atoms with E-state index in [-0.39, 0.29) is 17.8 Å². The van der Waals surface area contributed by atoms with Crippen LogP contribution in [0.25, 0.3) is 22.3 Å². The van der Waals surface area contributed by atoms with Crippen LogP contribution in [0.3, 0.4) is 0 Å². The number of carbonyl (C=O) groups excluding carboxylic acids is 1. The number of nitrogens with one attached hydrogen (secondary N) is 2. The molecule has 2 aliphatic rings. The number of aromatic nitrogens is 5. The highest BCUT2D eigenvalue weighted by Gasteiger charge is 2.35. The van der Waals surface area contributed by atoms with E-state index < -0.39 is 12.8 Å². The molecule has 4 aromatic rings. The predicted molar refractivity (Wildman–Crippen MR) is 145 cm³/mol. The van der Waals surface area contributed by atoms with Crippen molar-refractivity contribution < 1.29 is 22.7 Å². The van der Waals surface area contributed by atoms with E-state index in [1.165, 1.54) is 12.4 Å². The monoisotopic (exact) mass is 566 g/mol. The van der Waals surface area contributed by atoms with Crippen LogP contribution < -0.4 is 10.1 Å². The molecule has 41 heavy (non-hydrogen) atoms. The lowest BCUT2D eigenvalue weighted by molar-refractivity contribution is -0.154. The number of fused-ring (bicyclic) bond motifs is 1. The lowest BCUT2D eigenvalue weighted by Gasteiger charge is -2.38. The van der Waals surface area contributed by atoms with Crippen LogP contribution in [-0.4, -0.2) is 79.6 Å². The first-order valence-electron chi connectivity index (χ1n) is 13.5. The Hall–Kier alpha value is -4.26. The van der Waals surface area contributed by atoms with Gasteiger partial charge < -0.3 is 19.9 Å². The zero-order valence-electron chi connectivity index (χ0n) is 22.4. The summed E-state index contributed by atoms with van der Waals surface area (Å²) in [6.45, 7) is 3.91. The number of imidazole rings is 1. The first kappa shape index (κ1) is 26.9. The van der Waals surface area contributed by atoms with E-state index in [1.807, 2.05) is 23.1 Å². The molecule has 1 unspecified atom stereocenters. The highest BCUT2D eigenvalue weighted by Crippen LogP contribution is 2.32. The summed E-state index contributed by atoms with van der Waals surface area (Å²) in [5.74, 6) is 1.54. The summed E-state index contributed by atoms with van der Waals surface area (Å²) >= 11 is 0. The van der Waals surface area contributed by atoms with Gasteiger partial charge in [-0.15, -0.1) is 0 Å². The maximum Gasteiger partial charge on any atom is 0.422 e. The molecule has 2 fully saturated rings. The first-order valence-corrected chi connectivity index (χ1v) is 13.5. The number of alkyl halides is 3. The van der Waals surface area contributed by atoms with E-state index in [0.717, 1.165) is 44.6 Å². The van der Waals surface area contributed by atoms with Gasteiger partial charge in [0.2, 0.25) is 17.7 Å². The van der Waals surface area contributed by atoms with Crippen molar-refractivity contribution in [2.24, 2.45) is 5.92 Å². The fourth-order valence-corrected chi connectivity index (χ4v) is 4.99. The average molecular weight is 567 g/mol. The van der Waals surface area contributed by atoms with Crippen LogP contribution in [0.2, 0.25) is 0 Å². The fourth-order valence-electron chi connectivity index (χ4n) is 4.99. The molecule has 1 atom stereocenters. The van der Waals surface area contributed by atoms with Crippen LogP contribution >= 0.6 is 0 Å². The van der Waals surface area contributed by atoms with Crippen molar-refractivity contribution in [3.63, 3.8) is 0 Å². The molecule has 1 amide bonds. The number of anilines is 2. The standard InChI is InChI=1S/C28H29F3N8O2/c1-17(38-8-10-39(11-9-38)26(40)18-2-3-18)19-6-7-32-24(13-19)37-27-35-21-5-4-20(12-23(21)36-27)22-14-25(34-16-33-22)41-15-28(29,30)31/h4-7,12-14,16-18H,2-3,8-11,15H2,1H3,(H2,32,35,36,37). The number of aromatic amines is 1. The van der Waals surface area contributed by atoms with E-state index in [9.17, 15) is 18.0 Å². The molecule has 3 aromatic heterocycles. The number of hydrogen-bond acceptors (Lipinski definition) is 8. The van der Waals surface area contributed by atoms with E-state index in [1.54, 1.807) is 18.3 Å². The largest absolute Gasteiger partial charge is 0.468 e. The zero-order valence-corrected chi connectivity index (χ0v) is 22.4. The Balaban J connectivity index is 1.12. The van der Waals surface area contributed by atoms with Crippen molar-refractivity contribution in [3.8, 4) is 17.1 Å². The van der Waals surface area contributed by atoms with Gasteiger partial charge in [0, 0.05) is 56.0 Å². The number of H-pyrrole nitrogens is 1. The number of carbonyl (C=O) groups is 1. The molecule has 10 nitrogen and oxygen atoms in total. The van der Waals surface area contributed by atoms with E-state index in [2.05, 4.69) is 42.1 Å². The maximum absolute atomic E-state index is 12.5. The van der Waals surface area contributed by atoms with Crippen molar-refractivity contribution in [3.05, 3.63) is 54.5 Å². The van der Waals surface area contributed by atoms with Crippen LogP contribution in [-0.2, 0) is 4.79 Å². The molecule has 0 radical (unpaired) electrons. The van der Waals surface area contributed by atoms with Crippen molar-refractivity contribution in [1.29, 1.82) is 0 Å². The molecule has 2 N–H and O–H groups in total. The van der Waals surface area contributed by atoms with Gasteiger partial charge in [0.1, 0.15) is 12.1 Å². The zero-order chi connectivity index (χ0) is 28.6. The highest BCUT2D eigenvalue weighted by molar-refractivity contribution is 5.83. The summed E-state index contributed by atoms with van der Waals surface area (Å²) in [5.41, 5.74) is 3.60. The second kappa shape index (κ2) is 11.0. The summed E-state index contributed by atoms with van der Waals surface area (Å²) in [5, 5.41) is 3.23. The van der Waals surface area contributed by atoms with Gasteiger partial charge >= 0.3 is 6.18 Å². The van der Waals surface area contributed by atoms with E-state index in [0.29, 0.717) is 40.0 Å². The minimum Gasteiger partial charge on any atom is -0.468 e. The van der Waals surface area contributed by atoms with Gasteiger partial charge in [-0.05, 0) is 49.6 Å². The molecule has 1 saturated carbocycles. The third kappa shape index (κ3) is 6.40. The number of piperazine rings is 1. The summed E-state index contributed by atoms with van der Waals surface area (Å²) in [6.07, 6.45) is 0.526. The highest BCUT2D eigenvalue weighted by atomic mass is 19.4. The van der Waals surface area contributed by atoms with Crippen LogP contribution in [0.5, 0.6) is 5.88 Å². The van der Waals surface area contributed by atoms with Crippen LogP contribution in [0.1, 0.15) is 31.4 Å². The molecule has 13 heteroatoms. The molecule has 0 bridgehead atoms. The Bertz CT molecular complexity index is 1550. The van der Waals surface area contributed by atoms with E-state index in [4.69, 9.17) is 4.74 Å². The number of pyridine rings is 1. The second-order valence-electron chi connectivity index (χ2n) is 10.4. The molecule has 4 heterocycles. The molecule has 6 rings (SSSR count). The van der Waals surface area contributed by atoms with Gasteiger partial charge in [0.25, 0.3) is 0 Å². The molecular weight excluding hydrogens is 537 g/mol. The first-order chi connectivity index (χ1) is 19.7. The Kier molecular flexibility index (Phi) is 7.20. The van der Waals surface area contributed by atoms with Gasteiger partial charge in [-0.25, -0.2) is 19.9 Å². The number of benzene rings is 1. The Morgan fingerprint density at radius 1 is 1.10 bits per heavy atom. The Labute approximate surface area is 234 Å². The van der Waals surface area contributed by atoms with Crippen LogP contribution in [0.15, 0.2) is 48.9 Å². The molecular formula is C28H29F3N8O2. The molecule has 0 spiro atoms. The van der Waals surface area contributed by atoms with Crippen molar-refractivity contribution in [1.82, 2.24) is 34.7 Å². The summed E-state index contributed by atoms with van der Waals surface area (Å²) in [6, 6.07) is 10.9. The van der Waals surface area contributed by atoms with Gasteiger partial charge in [-0.1, -0.05) is 6.07 Å². The Morgan fingerprint density at radius 3 is 2.66 bits per heavy atom. The Morgan fingerprint density at radius 2 is 1.90 bits per heavy atom. The molecule has 1 aromatic carbocycles. The summed E-state index contributed by atoms with van der Waals surface area (Å²) < 4.78 is 42.3. The average Bonchev–Trinajstić information content (AvgIpc) is 3.75. The quantitative estimate of drug-likeness (QED) is 0.315. The lowest BCUT2D eigenvalue weighted by atomic mass is 10.1.